The lowest BCUT2D eigenvalue weighted by molar-refractivity contribution is 0.252. The van der Waals surface area contributed by atoms with Crippen molar-refractivity contribution in [1.82, 2.24) is 5.32 Å². The van der Waals surface area contributed by atoms with Crippen LogP contribution in [0.1, 0.15) is 6.92 Å². The van der Waals surface area contributed by atoms with Crippen LogP contribution in [0.2, 0.25) is 0 Å². The molecule has 0 spiro atoms. The summed E-state index contributed by atoms with van der Waals surface area (Å²) in [4.78, 5) is 11.1. The van der Waals surface area contributed by atoms with Gasteiger partial charge in [-0.25, -0.2) is 13.6 Å². The first-order chi connectivity index (χ1) is 7.06. The number of hydrogen-bond acceptors (Lipinski definition) is 2. The summed E-state index contributed by atoms with van der Waals surface area (Å²) in [7, 11) is 0. The van der Waals surface area contributed by atoms with E-state index in [1.54, 1.807) is 6.92 Å². The fourth-order valence-electron chi connectivity index (χ4n) is 1.01. The maximum atomic E-state index is 13.2. The van der Waals surface area contributed by atoms with E-state index in [4.69, 9.17) is 5.73 Å². The second-order valence-corrected chi connectivity index (χ2v) is 2.81. The molecule has 0 aliphatic rings. The quantitative estimate of drug-likeness (QED) is 0.657. The number of nitrogen functional groups attached to an aromatic ring is 1. The minimum absolute atomic E-state index is 0.0276. The van der Waals surface area contributed by atoms with Gasteiger partial charge < -0.3 is 16.4 Å². The van der Waals surface area contributed by atoms with Gasteiger partial charge in [0.25, 0.3) is 0 Å². The Labute approximate surface area is 85.5 Å². The highest BCUT2D eigenvalue weighted by Gasteiger charge is 2.13. The van der Waals surface area contributed by atoms with Crippen molar-refractivity contribution in [1.29, 1.82) is 0 Å². The lowest BCUT2D eigenvalue weighted by atomic mass is 10.2. The van der Waals surface area contributed by atoms with Gasteiger partial charge in [-0.15, -0.1) is 0 Å². The molecule has 6 heteroatoms. The Hall–Kier alpha value is -1.85. The van der Waals surface area contributed by atoms with E-state index in [-0.39, 0.29) is 11.4 Å². The first-order valence-corrected chi connectivity index (χ1v) is 4.34. The Bertz CT molecular complexity index is 382. The van der Waals surface area contributed by atoms with Crippen LogP contribution in [0.3, 0.4) is 0 Å². The summed E-state index contributed by atoms with van der Waals surface area (Å²) in [6.45, 7) is 2.08. The highest BCUT2D eigenvalue weighted by molar-refractivity contribution is 5.92. The number of halogens is 2. The number of nitrogens with two attached hydrogens (primary N) is 1. The molecule has 4 N–H and O–H groups in total. The highest BCUT2D eigenvalue weighted by Crippen LogP contribution is 2.24. The topological polar surface area (TPSA) is 67.2 Å². The molecule has 82 valence electrons. The van der Waals surface area contributed by atoms with Gasteiger partial charge in [0.15, 0.2) is 11.6 Å². The molecule has 0 saturated heterocycles. The molecule has 1 aromatic rings. The maximum absolute atomic E-state index is 13.2. The molecule has 1 rings (SSSR count). The van der Waals surface area contributed by atoms with Gasteiger partial charge in [0.05, 0.1) is 5.69 Å². The van der Waals surface area contributed by atoms with Crippen LogP contribution in [0.15, 0.2) is 12.1 Å². The van der Waals surface area contributed by atoms with E-state index in [1.165, 1.54) is 6.07 Å². The number of anilines is 2. The molecule has 0 aliphatic carbocycles. The summed E-state index contributed by atoms with van der Waals surface area (Å²) >= 11 is 0. The van der Waals surface area contributed by atoms with Gasteiger partial charge in [0.2, 0.25) is 0 Å². The fourth-order valence-corrected chi connectivity index (χ4v) is 1.01. The molecule has 0 unspecified atom stereocenters. The van der Waals surface area contributed by atoms with Gasteiger partial charge in [0.1, 0.15) is 5.69 Å². The third-order valence-electron chi connectivity index (χ3n) is 1.70. The van der Waals surface area contributed by atoms with Crippen molar-refractivity contribution < 1.29 is 13.6 Å². The zero-order chi connectivity index (χ0) is 11.4. The second kappa shape index (κ2) is 4.59. The van der Waals surface area contributed by atoms with Crippen molar-refractivity contribution >= 4 is 17.4 Å². The molecule has 4 nitrogen and oxygen atoms in total. The fraction of sp³-hybridized carbons (Fsp3) is 0.222. The number of carbonyl (C=O) groups excluding carboxylic acids is 1. The number of amides is 2. The third kappa shape index (κ3) is 2.55. The minimum atomic E-state index is -1.17. The predicted octanol–water partition coefficient (Wildman–Crippen LogP) is 1.69. The van der Waals surface area contributed by atoms with Gasteiger partial charge in [0, 0.05) is 6.54 Å². The van der Waals surface area contributed by atoms with Gasteiger partial charge in [-0.1, -0.05) is 0 Å². The zero-order valence-corrected chi connectivity index (χ0v) is 8.10. The first-order valence-electron chi connectivity index (χ1n) is 4.34. The molecule has 0 heterocycles. The lowest BCUT2D eigenvalue weighted by Crippen LogP contribution is -2.29. The third-order valence-corrected chi connectivity index (χ3v) is 1.70. The summed E-state index contributed by atoms with van der Waals surface area (Å²) in [5.41, 5.74) is 5.01. The van der Waals surface area contributed by atoms with Gasteiger partial charge in [-0.3, -0.25) is 0 Å². The van der Waals surface area contributed by atoms with Gasteiger partial charge >= 0.3 is 6.03 Å². The highest BCUT2D eigenvalue weighted by atomic mass is 19.2. The Morgan fingerprint density at radius 1 is 1.47 bits per heavy atom. The van der Waals surface area contributed by atoms with Crippen LogP contribution in [0.4, 0.5) is 25.0 Å². The van der Waals surface area contributed by atoms with E-state index in [0.717, 1.165) is 6.07 Å². The van der Waals surface area contributed by atoms with Crippen molar-refractivity contribution in [3.8, 4) is 0 Å². The van der Waals surface area contributed by atoms with Gasteiger partial charge in [-0.05, 0) is 19.1 Å². The molecule has 0 fully saturated rings. The Balaban J connectivity index is 2.93. The molecule has 0 aliphatic heterocycles. The van der Waals surface area contributed by atoms with Crippen LogP contribution in [0.25, 0.3) is 0 Å². The van der Waals surface area contributed by atoms with Crippen LogP contribution in [-0.2, 0) is 0 Å². The standard InChI is InChI=1S/C9H11F2N3O/c1-2-13-9(15)14-8-6(12)4-3-5(10)7(8)11/h3-4H,2,12H2,1H3,(H2,13,14,15). The average Bonchev–Trinajstić information content (AvgIpc) is 2.19. The summed E-state index contributed by atoms with van der Waals surface area (Å²) < 4.78 is 26.0. The minimum Gasteiger partial charge on any atom is -0.397 e. The number of benzene rings is 1. The van der Waals surface area contributed by atoms with E-state index < -0.39 is 17.7 Å². The molecule has 0 atom stereocenters. The molecule has 0 radical (unpaired) electrons. The smallest absolute Gasteiger partial charge is 0.319 e. The molecular weight excluding hydrogens is 204 g/mol. The zero-order valence-electron chi connectivity index (χ0n) is 8.10. The van der Waals surface area contributed by atoms with E-state index in [9.17, 15) is 13.6 Å². The molecule has 0 bridgehead atoms. The number of rotatable bonds is 2. The van der Waals surface area contributed by atoms with Crippen molar-refractivity contribution in [3.63, 3.8) is 0 Å². The molecule has 1 aromatic carbocycles. The Morgan fingerprint density at radius 3 is 2.73 bits per heavy atom. The predicted molar refractivity (Wildman–Crippen MR) is 53.5 cm³/mol. The van der Waals surface area contributed by atoms with E-state index in [2.05, 4.69) is 10.6 Å². The maximum Gasteiger partial charge on any atom is 0.319 e. The van der Waals surface area contributed by atoms with Crippen molar-refractivity contribution in [2.24, 2.45) is 0 Å². The lowest BCUT2D eigenvalue weighted by Gasteiger charge is -2.09. The summed E-state index contributed by atoms with van der Waals surface area (Å²) in [5.74, 6) is -2.22. The number of carbonyl (C=O) groups is 1. The van der Waals surface area contributed by atoms with Crippen molar-refractivity contribution in [3.05, 3.63) is 23.8 Å². The van der Waals surface area contributed by atoms with Crippen LogP contribution in [0, 0.1) is 11.6 Å². The van der Waals surface area contributed by atoms with E-state index in [0.29, 0.717) is 6.54 Å². The van der Waals surface area contributed by atoms with Crippen molar-refractivity contribution in [2.75, 3.05) is 17.6 Å². The summed E-state index contributed by atoms with van der Waals surface area (Å²) in [6, 6.07) is 1.45. The molecular formula is C9H11F2N3O. The van der Waals surface area contributed by atoms with E-state index >= 15 is 0 Å². The van der Waals surface area contributed by atoms with Crippen LogP contribution < -0.4 is 16.4 Å². The molecule has 0 aromatic heterocycles. The number of nitrogens with one attached hydrogen (secondary N) is 2. The number of hydrogen-bond donors (Lipinski definition) is 3. The van der Waals surface area contributed by atoms with Gasteiger partial charge in [-0.2, -0.15) is 0 Å². The Kier molecular flexibility index (Phi) is 3.43. The van der Waals surface area contributed by atoms with Crippen molar-refractivity contribution in [2.45, 2.75) is 6.92 Å². The SMILES string of the molecule is CCNC(=O)Nc1c(N)ccc(F)c1F. The van der Waals surface area contributed by atoms with Crippen LogP contribution in [0.5, 0.6) is 0 Å². The van der Waals surface area contributed by atoms with Crippen LogP contribution >= 0.6 is 0 Å². The molecule has 2 amide bonds. The average molecular weight is 215 g/mol. The van der Waals surface area contributed by atoms with E-state index in [1.807, 2.05) is 0 Å². The molecule has 0 saturated carbocycles. The largest absolute Gasteiger partial charge is 0.397 e. The second-order valence-electron chi connectivity index (χ2n) is 2.81. The summed E-state index contributed by atoms with van der Waals surface area (Å²) in [6.07, 6.45) is 0. The molecule has 15 heavy (non-hydrogen) atoms. The summed E-state index contributed by atoms with van der Waals surface area (Å²) in [5, 5.41) is 4.50. The Morgan fingerprint density at radius 2 is 2.13 bits per heavy atom. The number of urea groups is 1. The monoisotopic (exact) mass is 215 g/mol. The first kappa shape index (κ1) is 11.2. The van der Waals surface area contributed by atoms with Crippen LogP contribution in [-0.4, -0.2) is 12.6 Å². The normalized spacial score (nSPS) is 9.80.